The first-order valence-corrected chi connectivity index (χ1v) is 9.78. The Labute approximate surface area is 164 Å². The molecule has 0 bridgehead atoms. The summed E-state index contributed by atoms with van der Waals surface area (Å²) in [5, 5.41) is 7.99. The summed E-state index contributed by atoms with van der Waals surface area (Å²) in [6.45, 7) is 4.57. The Morgan fingerprint density at radius 2 is 1.75 bits per heavy atom. The van der Waals surface area contributed by atoms with Crippen LogP contribution in [0, 0.1) is 5.92 Å². The van der Waals surface area contributed by atoms with E-state index in [1.807, 2.05) is 0 Å². The van der Waals surface area contributed by atoms with Crippen molar-refractivity contribution in [3.63, 3.8) is 0 Å². The number of amides is 1. The molecule has 3 rings (SSSR count). The molecule has 1 aromatic rings. The minimum absolute atomic E-state index is 0.0803. The highest BCUT2D eigenvalue weighted by Gasteiger charge is 2.28. The van der Waals surface area contributed by atoms with Gasteiger partial charge < -0.3 is 19.3 Å². The third-order valence-electron chi connectivity index (χ3n) is 5.08. The molecular formula is C19H26N4O5. The molecular weight excluding hydrogens is 364 g/mol. The second kappa shape index (κ2) is 9.48. The highest BCUT2D eigenvalue weighted by atomic mass is 16.5. The lowest BCUT2D eigenvalue weighted by molar-refractivity contribution is -0.151. The standard InChI is InChI=1S/C19H26N4O5/c1-2-27-18(25)14-7-11-23(12-8-14)17(24)13-28-19(26)15-5-6-16(21-20-15)22-9-3-4-10-22/h5-6,14H,2-4,7-13H2,1H3. The number of piperidine rings is 1. The van der Waals surface area contributed by atoms with E-state index in [0.29, 0.717) is 32.5 Å². The molecule has 2 fully saturated rings. The number of rotatable bonds is 6. The zero-order valence-corrected chi connectivity index (χ0v) is 16.1. The van der Waals surface area contributed by atoms with E-state index in [-0.39, 0.29) is 30.1 Å². The van der Waals surface area contributed by atoms with Gasteiger partial charge in [0.05, 0.1) is 12.5 Å². The number of ether oxygens (including phenoxy) is 2. The molecule has 0 saturated carbocycles. The minimum Gasteiger partial charge on any atom is -0.466 e. The zero-order chi connectivity index (χ0) is 19.9. The lowest BCUT2D eigenvalue weighted by Gasteiger charge is -2.30. The van der Waals surface area contributed by atoms with E-state index in [1.165, 1.54) is 0 Å². The van der Waals surface area contributed by atoms with Crippen molar-refractivity contribution in [3.8, 4) is 0 Å². The normalized spacial score (nSPS) is 17.5. The second-order valence-electron chi connectivity index (χ2n) is 6.95. The van der Waals surface area contributed by atoms with Crippen molar-refractivity contribution in [3.05, 3.63) is 17.8 Å². The van der Waals surface area contributed by atoms with Crippen LogP contribution in [0.2, 0.25) is 0 Å². The maximum absolute atomic E-state index is 12.3. The summed E-state index contributed by atoms with van der Waals surface area (Å²) in [4.78, 5) is 39.8. The summed E-state index contributed by atoms with van der Waals surface area (Å²) in [6, 6.07) is 3.31. The largest absolute Gasteiger partial charge is 0.466 e. The van der Waals surface area contributed by atoms with Crippen molar-refractivity contribution in [2.24, 2.45) is 5.92 Å². The molecule has 1 amide bonds. The molecule has 0 atom stereocenters. The number of hydrogen-bond acceptors (Lipinski definition) is 8. The maximum Gasteiger partial charge on any atom is 0.359 e. The van der Waals surface area contributed by atoms with Gasteiger partial charge in [-0.25, -0.2) is 4.79 Å². The minimum atomic E-state index is -0.671. The van der Waals surface area contributed by atoms with Crippen LogP contribution in [-0.4, -0.2) is 72.3 Å². The average Bonchev–Trinajstić information content (AvgIpc) is 3.27. The lowest BCUT2D eigenvalue weighted by atomic mass is 9.97. The van der Waals surface area contributed by atoms with E-state index >= 15 is 0 Å². The van der Waals surface area contributed by atoms with Gasteiger partial charge in [-0.3, -0.25) is 9.59 Å². The van der Waals surface area contributed by atoms with Gasteiger partial charge in [0.25, 0.3) is 5.91 Å². The number of nitrogens with zero attached hydrogens (tertiary/aromatic N) is 4. The van der Waals surface area contributed by atoms with Crippen LogP contribution in [0.15, 0.2) is 12.1 Å². The van der Waals surface area contributed by atoms with E-state index in [1.54, 1.807) is 24.0 Å². The van der Waals surface area contributed by atoms with Crippen LogP contribution in [0.25, 0.3) is 0 Å². The highest BCUT2D eigenvalue weighted by molar-refractivity contribution is 5.89. The predicted molar refractivity (Wildman–Crippen MR) is 99.7 cm³/mol. The Morgan fingerprint density at radius 1 is 1.04 bits per heavy atom. The van der Waals surface area contributed by atoms with Crippen LogP contribution in [-0.2, 0) is 19.1 Å². The fourth-order valence-corrected chi connectivity index (χ4v) is 3.47. The second-order valence-corrected chi connectivity index (χ2v) is 6.95. The third-order valence-corrected chi connectivity index (χ3v) is 5.08. The molecule has 2 aliphatic heterocycles. The van der Waals surface area contributed by atoms with Gasteiger partial charge in [-0.05, 0) is 44.7 Å². The van der Waals surface area contributed by atoms with E-state index in [4.69, 9.17) is 9.47 Å². The fraction of sp³-hybridized carbons (Fsp3) is 0.632. The van der Waals surface area contributed by atoms with Gasteiger partial charge in [0, 0.05) is 26.2 Å². The summed E-state index contributed by atoms with van der Waals surface area (Å²) < 4.78 is 10.1. The molecule has 9 heteroatoms. The molecule has 152 valence electrons. The smallest absolute Gasteiger partial charge is 0.359 e. The molecule has 2 aliphatic rings. The van der Waals surface area contributed by atoms with E-state index in [0.717, 1.165) is 31.7 Å². The summed E-state index contributed by atoms with van der Waals surface area (Å²) in [5.41, 5.74) is 0.0803. The molecule has 2 saturated heterocycles. The molecule has 28 heavy (non-hydrogen) atoms. The molecule has 1 aromatic heterocycles. The topological polar surface area (TPSA) is 102 Å². The van der Waals surface area contributed by atoms with Gasteiger partial charge in [-0.2, -0.15) is 0 Å². The first kappa shape index (κ1) is 20.0. The summed E-state index contributed by atoms with van der Waals surface area (Å²) in [7, 11) is 0. The van der Waals surface area contributed by atoms with E-state index in [2.05, 4.69) is 15.1 Å². The number of anilines is 1. The van der Waals surface area contributed by atoms with Gasteiger partial charge in [0.1, 0.15) is 0 Å². The Balaban J connectivity index is 1.43. The van der Waals surface area contributed by atoms with Gasteiger partial charge in [0.2, 0.25) is 0 Å². The number of aromatic nitrogens is 2. The van der Waals surface area contributed by atoms with Crippen LogP contribution in [0.5, 0.6) is 0 Å². The number of hydrogen-bond donors (Lipinski definition) is 0. The first-order chi connectivity index (χ1) is 13.6. The van der Waals surface area contributed by atoms with Gasteiger partial charge in [-0.15, -0.1) is 10.2 Å². The Morgan fingerprint density at radius 3 is 2.36 bits per heavy atom. The highest BCUT2D eigenvalue weighted by Crippen LogP contribution is 2.19. The monoisotopic (exact) mass is 390 g/mol. The van der Waals surface area contributed by atoms with Crippen LogP contribution in [0.1, 0.15) is 43.1 Å². The fourth-order valence-electron chi connectivity index (χ4n) is 3.47. The van der Waals surface area contributed by atoms with Crippen molar-refractivity contribution >= 4 is 23.7 Å². The van der Waals surface area contributed by atoms with Crippen molar-refractivity contribution in [1.82, 2.24) is 15.1 Å². The van der Waals surface area contributed by atoms with Crippen molar-refractivity contribution in [2.45, 2.75) is 32.6 Å². The van der Waals surface area contributed by atoms with Gasteiger partial charge in [-0.1, -0.05) is 0 Å². The van der Waals surface area contributed by atoms with Crippen molar-refractivity contribution in [1.29, 1.82) is 0 Å². The number of esters is 2. The Kier molecular flexibility index (Phi) is 6.78. The van der Waals surface area contributed by atoms with Crippen LogP contribution < -0.4 is 4.90 Å². The first-order valence-electron chi connectivity index (χ1n) is 9.78. The number of likely N-dealkylation sites (tertiary alicyclic amines) is 1. The number of carbonyl (C=O) groups is 3. The predicted octanol–water partition coefficient (Wildman–Crippen LogP) is 1.04. The Hall–Kier alpha value is -2.71. The molecule has 3 heterocycles. The van der Waals surface area contributed by atoms with Gasteiger partial charge in [0.15, 0.2) is 18.1 Å². The average molecular weight is 390 g/mol. The SMILES string of the molecule is CCOC(=O)C1CCN(C(=O)COC(=O)c2ccc(N3CCCC3)nn2)CC1. The van der Waals surface area contributed by atoms with Crippen LogP contribution in [0.4, 0.5) is 5.82 Å². The summed E-state index contributed by atoms with van der Waals surface area (Å²) >= 11 is 0. The lowest BCUT2D eigenvalue weighted by Crippen LogP contribution is -2.42. The molecule has 0 spiro atoms. The maximum atomic E-state index is 12.3. The Bertz CT molecular complexity index is 695. The zero-order valence-electron chi connectivity index (χ0n) is 16.1. The molecule has 0 N–H and O–H groups in total. The molecule has 0 aromatic carbocycles. The summed E-state index contributed by atoms with van der Waals surface area (Å²) in [6.07, 6.45) is 3.37. The van der Waals surface area contributed by atoms with Crippen LogP contribution >= 0.6 is 0 Å². The van der Waals surface area contributed by atoms with Crippen molar-refractivity contribution < 1.29 is 23.9 Å². The van der Waals surface area contributed by atoms with Gasteiger partial charge >= 0.3 is 11.9 Å². The molecule has 0 radical (unpaired) electrons. The molecule has 0 aliphatic carbocycles. The molecule has 9 nitrogen and oxygen atoms in total. The van der Waals surface area contributed by atoms with E-state index in [9.17, 15) is 14.4 Å². The van der Waals surface area contributed by atoms with Crippen LogP contribution in [0.3, 0.4) is 0 Å². The number of carbonyl (C=O) groups excluding carboxylic acids is 3. The third kappa shape index (κ3) is 4.96. The molecule has 0 unspecified atom stereocenters. The van der Waals surface area contributed by atoms with Crippen molar-refractivity contribution in [2.75, 3.05) is 44.3 Å². The van der Waals surface area contributed by atoms with E-state index < -0.39 is 5.97 Å². The summed E-state index contributed by atoms with van der Waals surface area (Å²) in [5.74, 6) is -0.588. The quantitative estimate of drug-likeness (QED) is 0.664.